The van der Waals surface area contributed by atoms with Gasteiger partial charge in [-0.25, -0.2) is 4.68 Å². The van der Waals surface area contributed by atoms with E-state index in [1.54, 1.807) is 26.4 Å². The predicted molar refractivity (Wildman–Crippen MR) is 112 cm³/mol. The Hall–Kier alpha value is -2.55. The second-order valence-electron chi connectivity index (χ2n) is 5.78. The van der Waals surface area contributed by atoms with Gasteiger partial charge in [0.2, 0.25) is 0 Å². The van der Waals surface area contributed by atoms with Crippen molar-refractivity contribution in [2.45, 2.75) is 6.42 Å². The molecule has 0 saturated carbocycles. The second kappa shape index (κ2) is 8.90. The van der Waals surface area contributed by atoms with Crippen LogP contribution in [0.25, 0.3) is 5.69 Å². The van der Waals surface area contributed by atoms with Gasteiger partial charge in [0.1, 0.15) is 0 Å². The minimum absolute atomic E-state index is 0.150. The van der Waals surface area contributed by atoms with Crippen LogP contribution in [0.2, 0.25) is 0 Å². The summed E-state index contributed by atoms with van der Waals surface area (Å²) < 4.78 is 13.2. The van der Waals surface area contributed by atoms with Gasteiger partial charge in [0, 0.05) is 22.7 Å². The molecule has 1 aromatic heterocycles. The van der Waals surface area contributed by atoms with E-state index in [1.165, 1.54) is 0 Å². The normalized spacial score (nSPS) is 10.5. The van der Waals surface area contributed by atoms with Gasteiger partial charge in [-0.1, -0.05) is 18.2 Å². The van der Waals surface area contributed by atoms with E-state index < -0.39 is 0 Å². The molecule has 140 valence electrons. The van der Waals surface area contributed by atoms with Crippen LogP contribution < -0.4 is 14.8 Å². The summed E-state index contributed by atoms with van der Waals surface area (Å²) in [6, 6.07) is 15.4. The van der Waals surface area contributed by atoms with Crippen molar-refractivity contribution in [3.05, 3.63) is 69.6 Å². The number of hydrogen-bond acceptors (Lipinski definition) is 4. The lowest BCUT2D eigenvalue weighted by molar-refractivity contribution is 0.0952. The Morgan fingerprint density at radius 3 is 2.52 bits per heavy atom. The van der Waals surface area contributed by atoms with Crippen molar-refractivity contribution >= 4 is 28.5 Å². The Bertz CT molecular complexity index is 925. The number of para-hydroxylation sites is 1. The van der Waals surface area contributed by atoms with E-state index in [0.29, 0.717) is 30.0 Å². The molecule has 0 aliphatic carbocycles. The van der Waals surface area contributed by atoms with Crippen LogP contribution in [0, 0.1) is 3.57 Å². The number of nitrogens with zero attached hydrogens (tertiary/aromatic N) is 2. The van der Waals surface area contributed by atoms with Crippen molar-refractivity contribution in [3.63, 3.8) is 0 Å². The smallest absolute Gasteiger partial charge is 0.252 e. The van der Waals surface area contributed by atoms with E-state index in [9.17, 15) is 4.79 Å². The third-order valence-electron chi connectivity index (χ3n) is 4.05. The molecule has 1 amide bonds. The van der Waals surface area contributed by atoms with E-state index in [1.807, 2.05) is 47.3 Å². The highest BCUT2D eigenvalue weighted by Crippen LogP contribution is 2.31. The van der Waals surface area contributed by atoms with E-state index in [0.717, 1.165) is 15.0 Å². The van der Waals surface area contributed by atoms with Crippen molar-refractivity contribution in [2.24, 2.45) is 0 Å². The van der Waals surface area contributed by atoms with Gasteiger partial charge in [-0.15, -0.1) is 0 Å². The predicted octanol–water partition coefficient (Wildman–Crippen LogP) is 3.47. The Kier molecular flexibility index (Phi) is 6.33. The summed E-state index contributed by atoms with van der Waals surface area (Å²) in [6.45, 7) is 0.495. The third kappa shape index (κ3) is 4.60. The average molecular weight is 477 g/mol. The molecule has 0 unspecified atom stereocenters. The van der Waals surface area contributed by atoms with Gasteiger partial charge in [0.25, 0.3) is 5.91 Å². The molecule has 0 radical (unpaired) electrons. The number of amides is 1. The largest absolute Gasteiger partial charge is 0.493 e. The van der Waals surface area contributed by atoms with Gasteiger partial charge in [0.05, 0.1) is 31.2 Å². The molecule has 1 heterocycles. The Morgan fingerprint density at radius 2 is 1.81 bits per heavy atom. The quantitative estimate of drug-likeness (QED) is 0.530. The lowest BCUT2D eigenvalue weighted by Gasteiger charge is -2.12. The molecule has 6 nitrogen and oxygen atoms in total. The number of aromatic nitrogens is 2. The lowest BCUT2D eigenvalue weighted by atomic mass is 10.2. The molecule has 27 heavy (non-hydrogen) atoms. The number of halogens is 1. The SMILES string of the molecule is COc1cc(I)c(C(=O)NCCc2ccn(-c3ccccc3)n2)cc1OC. The van der Waals surface area contributed by atoms with Crippen molar-refractivity contribution in [3.8, 4) is 17.2 Å². The first kappa shape index (κ1) is 19.2. The summed E-state index contributed by atoms with van der Waals surface area (Å²) in [4.78, 5) is 12.5. The average Bonchev–Trinajstić information content (AvgIpc) is 3.17. The number of nitrogens with one attached hydrogen (secondary N) is 1. The molecule has 2 aromatic carbocycles. The number of rotatable bonds is 7. The van der Waals surface area contributed by atoms with Crippen LogP contribution in [0.5, 0.6) is 11.5 Å². The van der Waals surface area contributed by atoms with Gasteiger partial charge >= 0.3 is 0 Å². The lowest BCUT2D eigenvalue weighted by Crippen LogP contribution is -2.26. The molecule has 3 rings (SSSR count). The van der Waals surface area contributed by atoms with Crippen molar-refractivity contribution in [1.29, 1.82) is 0 Å². The van der Waals surface area contributed by atoms with Gasteiger partial charge in [-0.3, -0.25) is 4.79 Å². The number of benzene rings is 2. The van der Waals surface area contributed by atoms with Gasteiger partial charge in [-0.2, -0.15) is 5.10 Å². The number of carbonyl (C=O) groups excluding carboxylic acids is 1. The van der Waals surface area contributed by atoms with Gasteiger partial charge in [0.15, 0.2) is 11.5 Å². The molecular weight excluding hydrogens is 457 g/mol. The van der Waals surface area contributed by atoms with Crippen LogP contribution in [-0.2, 0) is 6.42 Å². The fourth-order valence-corrected chi connectivity index (χ4v) is 3.33. The summed E-state index contributed by atoms with van der Waals surface area (Å²) in [6.07, 6.45) is 2.57. The van der Waals surface area contributed by atoms with Crippen molar-refractivity contribution in [1.82, 2.24) is 15.1 Å². The second-order valence-corrected chi connectivity index (χ2v) is 6.94. The summed E-state index contributed by atoms with van der Waals surface area (Å²) in [7, 11) is 3.12. The first-order chi connectivity index (χ1) is 13.1. The maximum absolute atomic E-state index is 12.5. The Balaban J connectivity index is 1.61. The molecule has 0 bridgehead atoms. The molecular formula is C20H20IN3O3. The minimum atomic E-state index is -0.150. The molecule has 0 aliphatic rings. The highest BCUT2D eigenvalue weighted by molar-refractivity contribution is 14.1. The molecule has 3 aromatic rings. The fraction of sp³-hybridized carbons (Fsp3) is 0.200. The molecule has 0 fully saturated rings. The first-order valence-corrected chi connectivity index (χ1v) is 9.50. The summed E-state index contributed by atoms with van der Waals surface area (Å²) >= 11 is 2.12. The van der Waals surface area contributed by atoms with Crippen LogP contribution in [-0.4, -0.2) is 36.5 Å². The van der Waals surface area contributed by atoms with Crippen LogP contribution >= 0.6 is 22.6 Å². The topological polar surface area (TPSA) is 65.4 Å². The minimum Gasteiger partial charge on any atom is -0.493 e. The number of carbonyl (C=O) groups is 1. The Morgan fingerprint density at radius 1 is 1.11 bits per heavy atom. The molecule has 0 aliphatic heterocycles. The summed E-state index contributed by atoms with van der Waals surface area (Å²) in [5.41, 5.74) is 2.48. The number of hydrogen-bond donors (Lipinski definition) is 1. The van der Waals surface area contributed by atoms with E-state index in [-0.39, 0.29) is 5.91 Å². The van der Waals surface area contributed by atoms with Crippen LogP contribution in [0.1, 0.15) is 16.1 Å². The monoisotopic (exact) mass is 477 g/mol. The van der Waals surface area contributed by atoms with E-state index >= 15 is 0 Å². The van der Waals surface area contributed by atoms with E-state index in [4.69, 9.17) is 9.47 Å². The zero-order valence-electron chi connectivity index (χ0n) is 15.1. The zero-order chi connectivity index (χ0) is 19.2. The molecule has 0 spiro atoms. The molecule has 0 atom stereocenters. The standard InChI is InChI=1S/C20H20IN3O3/c1-26-18-12-16(17(21)13-19(18)27-2)20(25)22-10-8-14-9-11-24(23-14)15-6-4-3-5-7-15/h3-7,9,11-13H,8,10H2,1-2H3,(H,22,25). The van der Waals surface area contributed by atoms with Gasteiger partial charge < -0.3 is 14.8 Å². The number of ether oxygens (including phenoxy) is 2. The Labute approximate surface area is 171 Å². The molecule has 0 saturated heterocycles. The van der Waals surface area contributed by atoms with Crippen molar-refractivity contribution < 1.29 is 14.3 Å². The highest BCUT2D eigenvalue weighted by Gasteiger charge is 2.15. The van der Waals surface area contributed by atoms with Crippen LogP contribution in [0.3, 0.4) is 0 Å². The van der Waals surface area contributed by atoms with Crippen LogP contribution in [0.15, 0.2) is 54.7 Å². The highest BCUT2D eigenvalue weighted by atomic mass is 127. The van der Waals surface area contributed by atoms with E-state index in [2.05, 4.69) is 33.0 Å². The fourth-order valence-electron chi connectivity index (χ4n) is 2.65. The van der Waals surface area contributed by atoms with Gasteiger partial charge in [-0.05, 0) is 52.9 Å². The maximum atomic E-state index is 12.5. The molecule has 7 heteroatoms. The third-order valence-corrected chi connectivity index (χ3v) is 4.94. The summed E-state index contributed by atoms with van der Waals surface area (Å²) in [5, 5.41) is 7.48. The molecule has 1 N–H and O–H groups in total. The number of methoxy groups -OCH3 is 2. The van der Waals surface area contributed by atoms with Crippen molar-refractivity contribution in [2.75, 3.05) is 20.8 Å². The first-order valence-electron chi connectivity index (χ1n) is 8.42. The maximum Gasteiger partial charge on any atom is 0.252 e. The van der Waals surface area contributed by atoms with Crippen LogP contribution in [0.4, 0.5) is 0 Å². The zero-order valence-corrected chi connectivity index (χ0v) is 17.3. The summed E-state index contributed by atoms with van der Waals surface area (Å²) in [5.74, 6) is 0.984.